The van der Waals surface area contributed by atoms with Crippen molar-refractivity contribution in [3.05, 3.63) is 0 Å². The van der Waals surface area contributed by atoms with Crippen LogP contribution in [0.2, 0.25) is 0 Å². The Kier molecular flexibility index (Phi) is 11.1. The average molecular weight is 432 g/mol. The van der Waals surface area contributed by atoms with Crippen LogP contribution in [0.15, 0.2) is 0 Å². The van der Waals surface area contributed by atoms with Gasteiger partial charge in [0.05, 0.1) is 11.2 Å². The zero-order valence-corrected chi connectivity index (χ0v) is 18.3. The van der Waals surface area contributed by atoms with E-state index in [0.29, 0.717) is 45.3 Å². The Bertz CT molecular complexity index is 556. The van der Waals surface area contributed by atoms with E-state index in [1.54, 1.807) is 27.7 Å². The van der Waals surface area contributed by atoms with E-state index in [-0.39, 0.29) is 12.2 Å². The molecule has 0 spiro atoms. The van der Waals surface area contributed by atoms with Crippen molar-refractivity contribution in [1.82, 2.24) is 0 Å². The normalized spacial score (nSPS) is 17.3. The van der Waals surface area contributed by atoms with Crippen LogP contribution in [0.3, 0.4) is 0 Å². The zero-order chi connectivity index (χ0) is 21.4. The largest absolute Gasteiger partial charge is 0.400 e. The van der Waals surface area contributed by atoms with E-state index < -0.39 is 26.7 Å². The van der Waals surface area contributed by atoms with Gasteiger partial charge in [-0.2, -0.15) is 0 Å². The van der Waals surface area contributed by atoms with Crippen molar-refractivity contribution in [1.29, 1.82) is 0 Å². The van der Waals surface area contributed by atoms with Crippen molar-refractivity contribution < 1.29 is 37.5 Å². The number of hydrogen-bond donors (Lipinski definition) is 4. The highest BCUT2D eigenvalue weighted by atomic mass is 31.2. The highest BCUT2D eigenvalue weighted by Crippen LogP contribution is 2.40. The second-order valence-corrected chi connectivity index (χ2v) is 10.3. The fourth-order valence-electron chi connectivity index (χ4n) is 2.44. The molecule has 0 rings (SSSR count). The van der Waals surface area contributed by atoms with Gasteiger partial charge in [-0.05, 0) is 53.4 Å². The number of ketones is 1. The third kappa shape index (κ3) is 17.7. The van der Waals surface area contributed by atoms with E-state index in [9.17, 15) is 13.9 Å². The van der Waals surface area contributed by atoms with E-state index in [1.807, 2.05) is 0 Å². The molecule has 0 fully saturated rings. The van der Waals surface area contributed by atoms with Gasteiger partial charge in [0.1, 0.15) is 5.78 Å². The van der Waals surface area contributed by atoms with Crippen molar-refractivity contribution in [2.24, 2.45) is 11.0 Å². The Labute approximate surface area is 161 Å². The first-order chi connectivity index (χ1) is 12.0. The molecular weight excluding hydrogens is 398 g/mol. The Morgan fingerprint density at radius 2 is 1.30 bits per heavy atom. The molecule has 6 N–H and O–H groups in total. The van der Waals surface area contributed by atoms with Crippen LogP contribution in [0.4, 0.5) is 0 Å². The van der Waals surface area contributed by atoms with Gasteiger partial charge < -0.3 is 14.5 Å². The molecule has 0 aliphatic heterocycles. The number of hydrogen-bond acceptors (Lipinski definition) is 6. The predicted octanol–water partition coefficient (Wildman–Crippen LogP) is 2.62. The lowest BCUT2D eigenvalue weighted by Crippen LogP contribution is -2.25. The molecule has 0 aromatic heterocycles. The topological polar surface area (TPSA) is 171 Å². The van der Waals surface area contributed by atoms with Gasteiger partial charge in [0.25, 0.3) is 0 Å². The van der Waals surface area contributed by atoms with Crippen molar-refractivity contribution >= 4 is 21.3 Å². The summed E-state index contributed by atoms with van der Waals surface area (Å²) >= 11 is 0. The number of Topliss-reactive ketones (excluding diaryl/α,β-unsaturated/α-hetero) is 1. The first-order valence-electron chi connectivity index (χ1n) is 8.75. The first kappa shape index (κ1) is 26.9. The molecule has 0 aliphatic carbocycles. The minimum absolute atomic E-state index is 0.0104. The Morgan fingerprint density at radius 3 is 1.78 bits per heavy atom. The third-order valence-corrected chi connectivity index (χ3v) is 5.09. The predicted molar refractivity (Wildman–Crippen MR) is 102 cm³/mol. The molecule has 12 heteroatoms. The van der Waals surface area contributed by atoms with E-state index in [1.165, 1.54) is 0 Å². The molecule has 0 amide bonds. The van der Waals surface area contributed by atoms with E-state index >= 15 is 0 Å². The van der Waals surface area contributed by atoms with Crippen LogP contribution >= 0.6 is 15.5 Å². The molecule has 0 aromatic carbocycles. The van der Waals surface area contributed by atoms with Crippen LogP contribution in [0.1, 0.15) is 66.2 Å². The highest BCUT2D eigenvalue weighted by Gasteiger charge is 2.28. The molecule has 0 saturated heterocycles. The monoisotopic (exact) mass is 432 g/mol. The summed E-state index contributed by atoms with van der Waals surface area (Å²) in [5, 5.41) is 0. The summed E-state index contributed by atoms with van der Waals surface area (Å²) in [6.45, 7) is 7.40. The SMILES string of the molecule is CC(C)(CCCOCCCC(=O)CCC(C)(C)OP(N)(=O)O)OP(N)(=O)O. The maximum Gasteiger partial charge on any atom is 0.400 e. The van der Waals surface area contributed by atoms with Gasteiger partial charge in [0, 0.05) is 26.1 Å². The van der Waals surface area contributed by atoms with Crippen LogP contribution in [0, 0.1) is 0 Å². The summed E-state index contributed by atoms with van der Waals surface area (Å²) in [5.41, 5.74) is 8.18. The lowest BCUT2D eigenvalue weighted by atomic mass is 9.99. The van der Waals surface area contributed by atoms with Crippen LogP contribution in [-0.4, -0.2) is 40.0 Å². The van der Waals surface area contributed by atoms with Gasteiger partial charge in [0.2, 0.25) is 0 Å². The molecule has 0 aliphatic rings. The minimum atomic E-state index is -4.08. The lowest BCUT2D eigenvalue weighted by Gasteiger charge is -2.25. The summed E-state index contributed by atoms with van der Waals surface area (Å²) in [5.74, 6) is 0.0104. The van der Waals surface area contributed by atoms with Crippen molar-refractivity contribution in [2.45, 2.75) is 77.4 Å². The van der Waals surface area contributed by atoms with E-state index in [0.717, 1.165) is 0 Å². The van der Waals surface area contributed by atoms with Crippen LogP contribution < -0.4 is 11.0 Å². The second-order valence-electron chi connectivity index (χ2n) is 7.69. The molecule has 162 valence electrons. The number of carbonyl (C=O) groups excluding carboxylic acids is 1. The third-order valence-electron chi connectivity index (χ3n) is 3.57. The molecule has 0 radical (unpaired) electrons. The zero-order valence-electron chi connectivity index (χ0n) is 16.5. The van der Waals surface area contributed by atoms with E-state index in [4.69, 9.17) is 34.6 Å². The Hall–Kier alpha value is -0.150. The lowest BCUT2D eigenvalue weighted by molar-refractivity contribution is -0.120. The van der Waals surface area contributed by atoms with Gasteiger partial charge >= 0.3 is 15.5 Å². The van der Waals surface area contributed by atoms with Gasteiger partial charge in [-0.25, -0.2) is 20.1 Å². The molecule has 2 atom stereocenters. The maximum absolute atomic E-state index is 11.9. The number of rotatable bonds is 15. The molecular formula is C15H34N2O8P2. The number of ether oxygens (including phenoxy) is 1. The summed E-state index contributed by atoms with van der Waals surface area (Å²) in [6.07, 6.45) is 2.53. The highest BCUT2D eigenvalue weighted by molar-refractivity contribution is 7.50. The van der Waals surface area contributed by atoms with Gasteiger partial charge in [0.15, 0.2) is 0 Å². The molecule has 0 heterocycles. The Balaban J connectivity index is 3.83. The van der Waals surface area contributed by atoms with Gasteiger partial charge in [-0.3, -0.25) is 13.8 Å². The molecule has 27 heavy (non-hydrogen) atoms. The summed E-state index contributed by atoms with van der Waals surface area (Å²) < 4.78 is 37.3. The van der Waals surface area contributed by atoms with E-state index in [2.05, 4.69) is 0 Å². The molecule has 0 saturated carbocycles. The standard InChI is InChI=1S/C15H34N2O8P2/c1-14(2,24-26(16,19)20)9-6-12-23-11-5-7-13(18)8-10-15(3,4)25-27(17,21)22/h5-12H2,1-4H3,(H3,16,19,20)(H3,17,21,22). The smallest absolute Gasteiger partial charge is 0.381 e. The van der Waals surface area contributed by atoms with Crippen LogP contribution in [0.25, 0.3) is 0 Å². The summed E-state index contributed by atoms with van der Waals surface area (Å²) in [6, 6.07) is 0. The van der Waals surface area contributed by atoms with Gasteiger partial charge in [-0.15, -0.1) is 0 Å². The average Bonchev–Trinajstić information content (AvgIpc) is 2.39. The maximum atomic E-state index is 11.9. The fourth-order valence-corrected chi connectivity index (χ4v) is 4.04. The van der Waals surface area contributed by atoms with Crippen molar-refractivity contribution in [3.8, 4) is 0 Å². The second kappa shape index (κ2) is 11.1. The van der Waals surface area contributed by atoms with Gasteiger partial charge in [-0.1, -0.05) is 0 Å². The molecule has 0 aromatic rings. The van der Waals surface area contributed by atoms with Crippen molar-refractivity contribution in [3.63, 3.8) is 0 Å². The summed E-state index contributed by atoms with van der Waals surface area (Å²) in [4.78, 5) is 29.9. The number of nitrogens with two attached hydrogens (primary N) is 2. The van der Waals surface area contributed by atoms with Crippen molar-refractivity contribution in [2.75, 3.05) is 13.2 Å². The molecule has 2 unspecified atom stereocenters. The quantitative estimate of drug-likeness (QED) is 0.223. The fraction of sp³-hybridized carbons (Fsp3) is 0.933. The number of carbonyl (C=O) groups is 1. The minimum Gasteiger partial charge on any atom is -0.381 e. The summed E-state index contributed by atoms with van der Waals surface area (Å²) in [7, 11) is -8.10. The molecule has 10 nitrogen and oxygen atoms in total. The van der Waals surface area contributed by atoms with Crippen LogP contribution in [-0.2, 0) is 27.7 Å². The first-order valence-corrected chi connectivity index (χ1v) is 12.0. The Morgan fingerprint density at radius 1 is 0.852 bits per heavy atom. The van der Waals surface area contributed by atoms with Crippen LogP contribution in [0.5, 0.6) is 0 Å². The molecule has 0 bridgehead atoms.